The number of thiophene rings is 1. The van der Waals surface area contributed by atoms with Gasteiger partial charge in [0.25, 0.3) is 0 Å². The molecule has 0 aliphatic heterocycles. The molecule has 0 fully saturated rings. The van der Waals surface area contributed by atoms with Crippen LogP contribution in [0.5, 0.6) is 0 Å². The first kappa shape index (κ1) is 13.7. The fourth-order valence-electron chi connectivity index (χ4n) is 1.71. The topological polar surface area (TPSA) is 37.8 Å². The van der Waals surface area contributed by atoms with Crippen LogP contribution in [0.4, 0.5) is 5.82 Å². The van der Waals surface area contributed by atoms with Crippen molar-refractivity contribution in [2.75, 3.05) is 12.4 Å². The van der Waals surface area contributed by atoms with Crippen molar-refractivity contribution in [2.45, 2.75) is 26.2 Å². The molecule has 0 unspecified atom stereocenters. The molecular weight excluding hydrogens is 357 g/mol. The van der Waals surface area contributed by atoms with E-state index in [4.69, 9.17) is 4.98 Å². The molecule has 0 radical (unpaired) electrons. The van der Waals surface area contributed by atoms with E-state index in [1.54, 1.807) is 11.3 Å². The smallest absolute Gasteiger partial charge is 0.143 e. The molecule has 3 nitrogen and oxygen atoms in total. The third-order valence-corrected chi connectivity index (χ3v) is 4.56. The van der Waals surface area contributed by atoms with E-state index in [-0.39, 0.29) is 0 Å². The normalized spacial score (nSPS) is 10.9. The Labute approximate surface area is 125 Å². The summed E-state index contributed by atoms with van der Waals surface area (Å²) >= 11 is 4.07. The number of hydrogen-bond donors (Lipinski definition) is 1. The van der Waals surface area contributed by atoms with Crippen molar-refractivity contribution in [2.24, 2.45) is 0 Å². The van der Waals surface area contributed by atoms with Crippen LogP contribution < -0.4 is 5.32 Å². The second kappa shape index (κ2) is 5.97. The van der Waals surface area contributed by atoms with Gasteiger partial charge >= 0.3 is 0 Å². The van der Waals surface area contributed by atoms with Gasteiger partial charge < -0.3 is 5.32 Å². The van der Waals surface area contributed by atoms with Gasteiger partial charge in [-0.3, -0.25) is 0 Å². The lowest BCUT2D eigenvalue weighted by Crippen LogP contribution is -2.08. The second-order valence-corrected chi connectivity index (χ2v) is 6.46. The molecule has 0 aliphatic rings. The molecule has 0 aliphatic carbocycles. The van der Waals surface area contributed by atoms with Crippen LogP contribution >= 0.6 is 33.9 Å². The van der Waals surface area contributed by atoms with E-state index < -0.39 is 0 Å². The molecule has 18 heavy (non-hydrogen) atoms. The average molecular weight is 373 g/mol. The summed E-state index contributed by atoms with van der Waals surface area (Å²) in [4.78, 5) is 10.6. The molecule has 0 aromatic carbocycles. The Morgan fingerprint density at radius 2 is 2.17 bits per heavy atom. The minimum atomic E-state index is 0.411. The van der Waals surface area contributed by atoms with E-state index in [0.29, 0.717) is 5.92 Å². The summed E-state index contributed by atoms with van der Waals surface area (Å²) in [6, 6.07) is 4.19. The Morgan fingerprint density at radius 1 is 1.39 bits per heavy atom. The first-order valence-corrected chi connectivity index (χ1v) is 7.84. The molecule has 0 saturated heterocycles. The van der Waals surface area contributed by atoms with Crippen LogP contribution in [0, 0.1) is 3.57 Å². The van der Waals surface area contributed by atoms with Gasteiger partial charge in [-0.2, -0.15) is 0 Å². The fraction of sp³-hybridized carbons (Fsp3) is 0.385. The highest BCUT2D eigenvalue weighted by Gasteiger charge is 2.14. The molecular formula is C13H16IN3S. The molecule has 96 valence electrons. The van der Waals surface area contributed by atoms with Gasteiger partial charge in [-0.15, -0.1) is 11.3 Å². The zero-order chi connectivity index (χ0) is 13.1. The third kappa shape index (κ3) is 3.00. The van der Waals surface area contributed by atoms with Crippen LogP contribution in [-0.2, 0) is 6.42 Å². The van der Waals surface area contributed by atoms with Crippen molar-refractivity contribution in [3.8, 4) is 0 Å². The maximum atomic E-state index is 4.70. The number of nitrogens with one attached hydrogen (secondary N) is 1. The summed E-state index contributed by atoms with van der Waals surface area (Å²) in [5, 5.41) is 5.24. The van der Waals surface area contributed by atoms with Gasteiger partial charge in [0, 0.05) is 18.3 Å². The highest BCUT2D eigenvalue weighted by Crippen LogP contribution is 2.25. The number of anilines is 1. The number of nitrogens with zero attached hydrogens (tertiary/aromatic N) is 2. The Morgan fingerprint density at radius 3 is 2.72 bits per heavy atom. The SMILES string of the molecule is CNc1nc(Cc2cccs2)nc(C(C)C)c1I. The number of halogens is 1. The lowest BCUT2D eigenvalue weighted by molar-refractivity contribution is 0.786. The van der Waals surface area contributed by atoms with E-state index in [2.05, 4.69) is 64.3 Å². The van der Waals surface area contributed by atoms with Gasteiger partial charge in [0.1, 0.15) is 11.6 Å². The summed E-state index contributed by atoms with van der Waals surface area (Å²) in [7, 11) is 1.91. The van der Waals surface area contributed by atoms with Crippen molar-refractivity contribution in [3.63, 3.8) is 0 Å². The largest absolute Gasteiger partial charge is 0.372 e. The molecule has 5 heteroatoms. The zero-order valence-electron chi connectivity index (χ0n) is 10.7. The molecule has 0 amide bonds. The van der Waals surface area contributed by atoms with E-state index in [9.17, 15) is 0 Å². The van der Waals surface area contributed by atoms with Crippen molar-refractivity contribution >= 4 is 39.7 Å². The van der Waals surface area contributed by atoms with Gasteiger partial charge in [0.15, 0.2) is 0 Å². The van der Waals surface area contributed by atoms with Crippen LogP contribution in [0.25, 0.3) is 0 Å². The lowest BCUT2D eigenvalue weighted by Gasteiger charge is -2.13. The number of hydrogen-bond acceptors (Lipinski definition) is 4. The van der Waals surface area contributed by atoms with E-state index in [1.807, 2.05) is 7.05 Å². The summed E-state index contributed by atoms with van der Waals surface area (Å²) in [5.74, 6) is 2.24. The average Bonchev–Trinajstić information content (AvgIpc) is 2.83. The maximum absolute atomic E-state index is 4.70. The quantitative estimate of drug-likeness (QED) is 0.827. The summed E-state index contributed by atoms with van der Waals surface area (Å²) in [5.41, 5.74) is 1.13. The molecule has 0 saturated carbocycles. The van der Waals surface area contributed by atoms with Crippen molar-refractivity contribution < 1.29 is 0 Å². The third-order valence-electron chi connectivity index (χ3n) is 2.62. The van der Waals surface area contributed by atoms with Crippen LogP contribution in [0.1, 0.15) is 36.2 Å². The minimum absolute atomic E-state index is 0.411. The summed E-state index contributed by atoms with van der Waals surface area (Å²) in [6.07, 6.45) is 0.809. The number of rotatable bonds is 4. The fourth-order valence-corrected chi connectivity index (χ4v) is 3.54. The van der Waals surface area contributed by atoms with Gasteiger partial charge in [0.2, 0.25) is 0 Å². The van der Waals surface area contributed by atoms with E-state index >= 15 is 0 Å². The monoisotopic (exact) mass is 373 g/mol. The van der Waals surface area contributed by atoms with Crippen LogP contribution in [0.15, 0.2) is 17.5 Å². The molecule has 2 rings (SSSR count). The molecule has 1 N–H and O–H groups in total. The van der Waals surface area contributed by atoms with Crippen LogP contribution in [-0.4, -0.2) is 17.0 Å². The molecule has 0 atom stereocenters. The molecule has 0 spiro atoms. The summed E-state index contributed by atoms with van der Waals surface area (Å²) < 4.78 is 1.13. The predicted molar refractivity (Wildman–Crippen MR) is 85.5 cm³/mol. The highest BCUT2D eigenvalue weighted by atomic mass is 127. The van der Waals surface area contributed by atoms with Gasteiger partial charge in [-0.25, -0.2) is 9.97 Å². The van der Waals surface area contributed by atoms with E-state index in [1.165, 1.54) is 4.88 Å². The zero-order valence-corrected chi connectivity index (χ0v) is 13.7. The Kier molecular flexibility index (Phi) is 4.55. The van der Waals surface area contributed by atoms with Crippen molar-refractivity contribution in [1.29, 1.82) is 0 Å². The minimum Gasteiger partial charge on any atom is -0.372 e. The first-order chi connectivity index (χ1) is 8.61. The molecule has 2 aromatic heterocycles. The Bertz CT molecular complexity index is 523. The predicted octanol–water partition coefficient (Wildman–Crippen LogP) is 3.90. The van der Waals surface area contributed by atoms with Gasteiger partial charge in [0.05, 0.1) is 9.26 Å². The standard InChI is InChI=1S/C13H16IN3S/c1-8(2)12-11(14)13(15-3)17-10(16-12)7-9-5-4-6-18-9/h4-6,8H,7H2,1-3H3,(H,15,16,17). The van der Waals surface area contributed by atoms with Crippen LogP contribution in [0.2, 0.25) is 0 Å². The van der Waals surface area contributed by atoms with Crippen molar-refractivity contribution in [1.82, 2.24) is 9.97 Å². The molecule has 2 heterocycles. The molecule has 2 aromatic rings. The van der Waals surface area contributed by atoms with E-state index in [0.717, 1.165) is 27.3 Å². The van der Waals surface area contributed by atoms with Crippen LogP contribution in [0.3, 0.4) is 0 Å². The summed E-state index contributed by atoms with van der Waals surface area (Å²) in [6.45, 7) is 4.33. The number of aromatic nitrogens is 2. The highest BCUT2D eigenvalue weighted by molar-refractivity contribution is 14.1. The second-order valence-electron chi connectivity index (χ2n) is 4.35. The Hall–Kier alpha value is -0.690. The lowest BCUT2D eigenvalue weighted by atomic mass is 10.1. The van der Waals surface area contributed by atoms with Gasteiger partial charge in [-0.05, 0) is 40.0 Å². The molecule has 0 bridgehead atoms. The Balaban J connectivity index is 2.39. The van der Waals surface area contributed by atoms with Crippen molar-refractivity contribution in [3.05, 3.63) is 37.5 Å². The van der Waals surface area contributed by atoms with Gasteiger partial charge in [-0.1, -0.05) is 19.9 Å². The first-order valence-electron chi connectivity index (χ1n) is 5.88. The maximum Gasteiger partial charge on any atom is 0.143 e.